The quantitative estimate of drug-likeness (QED) is 0.890. The molecule has 1 aliphatic rings. The predicted octanol–water partition coefficient (Wildman–Crippen LogP) is 4.11. The van der Waals surface area contributed by atoms with Gasteiger partial charge in [-0.1, -0.05) is 13.0 Å². The van der Waals surface area contributed by atoms with Crippen molar-refractivity contribution in [3.05, 3.63) is 47.7 Å². The van der Waals surface area contributed by atoms with Crippen molar-refractivity contribution in [1.29, 1.82) is 0 Å². The Kier molecular flexibility index (Phi) is 5.11. The molecule has 0 bridgehead atoms. The van der Waals surface area contributed by atoms with Gasteiger partial charge in [-0.15, -0.1) is 10.2 Å². The van der Waals surface area contributed by atoms with Crippen LogP contribution in [-0.2, 0) is 6.18 Å². The van der Waals surface area contributed by atoms with Crippen LogP contribution in [0.2, 0.25) is 0 Å². The fraction of sp³-hybridized carbons (Fsp3) is 0.389. The van der Waals surface area contributed by atoms with E-state index in [4.69, 9.17) is 0 Å². The van der Waals surface area contributed by atoms with Gasteiger partial charge in [0.1, 0.15) is 0 Å². The molecule has 138 valence electrons. The maximum absolute atomic E-state index is 12.8. The third-order valence-electron chi connectivity index (χ3n) is 4.42. The van der Waals surface area contributed by atoms with Crippen LogP contribution in [0.15, 0.2) is 36.4 Å². The Morgan fingerprint density at radius 2 is 1.88 bits per heavy atom. The highest BCUT2D eigenvalue weighted by atomic mass is 19.4. The number of amides is 1. The highest BCUT2D eigenvalue weighted by Crippen LogP contribution is 2.31. The van der Waals surface area contributed by atoms with Crippen molar-refractivity contribution in [1.82, 2.24) is 15.1 Å². The molecule has 3 rings (SSSR count). The molecule has 0 radical (unpaired) electrons. The normalized spacial score (nSPS) is 15.8. The number of rotatable bonds is 3. The van der Waals surface area contributed by atoms with Gasteiger partial charge < -0.3 is 10.2 Å². The number of hydrogen-bond acceptors (Lipinski definition) is 4. The summed E-state index contributed by atoms with van der Waals surface area (Å²) in [6, 6.07) is 7.88. The average molecular weight is 364 g/mol. The molecule has 1 saturated heterocycles. The van der Waals surface area contributed by atoms with Crippen molar-refractivity contribution in [2.75, 3.05) is 18.4 Å². The molecule has 1 amide bonds. The monoisotopic (exact) mass is 364 g/mol. The van der Waals surface area contributed by atoms with Crippen LogP contribution < -0.4 is 5.32 Å². The Labute approximate surface area is 149 Å². The minimum Gasteiger partial charge on any atom is -0.339 e. The van der Waals surface area contributed by atoms with Crippen LogP contribution in [0.4, 0.5) is 24.7 Å². The molecule has 2 aromatic rings. The summed E-state index contributed by atoms with van der Waals surface area (Å²) < 4.78 is 38.3. The summed E-state index contributed by atoms with van der Waals surface area (Å²) in [6.07, 6.45) is -2.48. The van der Waals surface area contributed by atoms with E-state index in [1.165, 1.54) is 24.3 Å². The summed E-state index contributed by atoms with van der Waals surface area (Å²) in [5.41, 5.74) is -0.269. The number of anilines is 2. The molecule has 8 heteroatoms. The highest BCUT2D eigenvalue weighted by Gasteiger charge is 2.30. The first kappa shape index (κ1) is 18.2. The lowest BCUT2D eigenvalue weighted by atomic mass is 9.99. The van der Waals surface area contributed by atoms with E-state index in [9.17, 15) is 18.0 Å². The molecule has 0 unspecified atom stereocenters. The van der Waals surface area contributed by atoms with Gasteiger partial charge in [0.15, 0.2) is 11.5 Å². The van der Waals surface area contributed by atoms with Crippen molar-refractivity contribution >= 4 is 17.4 Å². The van der Waals surface area contributed by atoms with E-state index in [1.807, 2.05) is 0 Å². The lowest BCUT2D eigenvalue weighted by molar-refractivity contribution is -0.137. The molecular weight excluding hydrogens is 345 g/mol. The minimum atomic E-state index is -4.41. The molecule has 2 heterocycles. The van der Waals surface area contributed by atoms with Crippen LogP contribution in [0.25, 0.3) is 0 Å². The van der Waals surface area contributed by atoms with E-state index in [0.29, 0.717) is 19.0 Å². The maximum atomic E-state index is 12.8. The number of likely N-dealkylation sites (tertiary alicyclic amines) is 1. The first-order valence-corrected chi connectivity index (χ1v) is 8.40. The standard InChI is InChI=1S/C18H19F3N4O/c1-12-7-9-25(10-8-12)17(26)15-5-6-16(24-23-15)22-14-4-2-3-13(11-14)18(19,20)21/h2-6,11-12H,7-10H2,1H3,(H,22,24). The molecule has 0 spiro atoms. The van der Waals surface area contributed by atoms with Crippen molar-refractivity contribution < 1.29 is 18.0 Å². The van der Waals surface area contributed by atoms with E-state index in [0.717, 1.165) is 25.0 Å². The van der Waals surface area contributed by atoms with Crippen molar-refractivity contribution in [3.8, 4) is 0 Å². The maximum Gasteiger partial charge on any atom is 0.416 e. The number of halogens is 3. The predicted molar refractivity (Wildman–Crippen MR) is 91.1 cm³/mol. The van der Waals surface area contributed by atoms with E-state index < -0.39 is 11.7 Å². The number of benzene rings is 1. The van der Waals surface area contributed by atoms with Gasteiger partial charge >= 0.3 is 6.18 Å². The van der Waals surface area contributed by atoms with Gasteiger partial charge in [-0.05, 0) is 49.1 Å². The van der Waals surface area contributed by atoms with Crippen LogP contribution >= 0.6 is 0 Å². The number of carbonyl (C=O) groups is 1. The fourth-order valence-electron chi connectivity index (χ4n) is 2.81. The van der Waals surface area contributed by atoms with E-state index in [1.54, 1.807) is 4.90 Å². The SMILES string of the molecule is CC1CCN(C(=O)c2ccc(Nc3cccc(C(F)(F)F)c3)nn2)CC1. The highest BCUT2D eigenvalue weighted by molar-refractivity contribution is 5.92. The van der Waals surface area contributed by atoms with Crippen LogP contribution in [-0.4, -0.2) is 34.1 Å². The fourth-order valence-corrected chi connectivity index (χ4v) is 2.81. The summed E-state index contributed by atoms with van der Waals surface area (Å²) >= 11 is 0. The second-order valence-corrected chi connectivity index (χ2v) is 6.48. The Hall–Kier alpha value is -2.64. The summed E-state index contributed by atoms with van der Waals surface area (Å²) in [4.78, 5) is 14.2. The van der Waals surface area contributed by atoms with E-state index >= 15 is 0 Å². The van der Waals surface area contributed by atoms with Gasteiger partial charge in [-0.2, -0.15) is 13.2 Å². The van der Waals surface area contributed by atoms with Gasteiger partial charge in [0.2, 0.25) is 0 Å². The molecule has 1 N–H and O–H groups in total. The average Bonchev–Trinajstić information content (AvgIpc) is 2.62. The number of alkyl halides is 3. The molecule has 0 atom stereocenters. The van der Waals surface area contributed by atoms with Crippen molar-refractivity contribution in [3.63, 3.8) is 0 Å². The van der Waals surface area contributed by atoms with Gasteiger partial charge in [-0.3, -0.25) is 4.79 Å². The largest absolute Gasteiger partial charge is 0.416 e. The second kappa shape index (κ2) is 7.31. The lowest BCUT2D eigenvalue weighted by Gasteiger charge is -2.29. The number of hydrogen-bond donors (Lipinski definition) is 1. The molecule has 0 aliphatic carbocycles. The summed E-state index contributed by atoms with van der Waals surface area (Å²) in [5, 5.41) is 10.6. The number of aromatic nitrogens is 2. The summed E-state index contributed by atoms with van der Waals surface area (Å²) in [6.45, 7) is 3.56. The van der Waals surface area contributed by atoms with Gasteiger partial charge in [0.05, 0.1) is 5.56 Å². The van der Waals surface area contributed by atoms with Gasteiger partial charge in [-0.25, -0.2) is 0 Å². The number of nitrogens with one attached hydrogen (secondary N) is 1. The molecular formula is C18H19F3N4O. The Bertz CT molecular complexity index is 769. The first-order chi connectivity index (χ1) is 12.3. The van der Waals surface area contributed by atoms with Crippen LogP contribution in [0.1, 0.15) is 35.8 Å². The van der Waals surface area contributed by atoms with Gasteiger partial charge in [0, 0.05) is 18.8 Å². The smallest absolute Gasteiger partial charge is 0.339 e. The minimum absolute atomic E-state index is 0.171. The third-order valence-corrected chi connectivity index (χ3v) is 4.42. The zero-order chi connectivity index (χ0) is 18.7. The van der Waals surface area contributed by atoms with Crippen LogP contribution in [0, 0.1) is 5.92 Å². The Balaban J connectivity index is 1.67. The first-order valence-electron chi connectivity index (χ1n) is 8.40. The molecule has 0 saturated carbocycles. The second-order valence-electron chi connectivity index (χ2n) is 6.48. The molecule has 1 aliphatic heterocycles. The summed E-state index contributed by atoms with van der Waals surface area (Å²) in [5.74, 6) is 0.715. The molecule has 5 nitrogen and oxygen atoms in total. The Morgan fingerprint density at radius 1 is 1.15 bits per heavy atom. The third kappa shape index (κ3) is 4.30. The van der Waals surface area contributed by atoms with E-state index in [-0.39, 0.29) is 23.1 Å². The zero-order valence-corrected chi connectivity index (χ0v) is 14.3. The zero-order valence-electron chi connectivity index (χ0n) is 14.3. The van der Waals surface area contributed by atoms with E-state index in [2.05, 4.69) is 22.4 Å². The number of piperidine rings is 1. The summed E-state index contributed by atoms with van der Waals surface area (Å²) in [7, 11) is 0. The van der Waals surface area contributed by atoms with Crippen LogP contribution in [0.5, 0.6) is 0 Å². The number of nitrogens with zero attached hydrogens (tertiary/aromatic N) is 3. The van der Waals surface area contributed by atoms with Crippen LogP contribution in [0.3, 0.4) is 0 Å². The van der Waals surface area contributed by atoms with Gasteiger partial charge in [0.25, 0.3) is 5.91 Å². The molecule has 1 fully saturated rings. The molecule has 1 aromatic heterocycles. The lowest BCUT2D eigenvalue weighted by Crippen LogP contribution is -2.38. The molecule has 1 aromatic carbocycles. The van der Waals surface area contributed by atoms with Crippen molar-refractivity contribution in [2.24, 2.45) is 5.92 Å². The number of carbonyl (C=O) groups excluding carboxylic acids is 1. The topological polar surface area (TPSA) is 58.1 Å². The molecule has 26 heavy (non-hydrogen) atoms. The Morgan fingerprint density at radius 3 is 2.50 bits per heavy atom. The van der Waals surface area contributed by atoms with Crippen molar-refractivity contribution in [2.45, 2.75) is 25.9 Å².